The number of benzene rings is 1. The summed E-state index contributed by atoms with van der Waals surface area (Å²) in [5.41, 5.74) is 0.689. The van der Waals surface area contributed by atoms with Crippen LogP contribution in [0.1, 0.15) is 38.2 Å². The van der Waals surface area contributed by atoms with Crippen molar-refractivity contribution < 1.29 is 15.1 Å². The molecule has 0 aliphatic heterocycles. The van der Waals surface area contributed by atoms with Gasteiger partial charge in [-0.25, -0.2) is 0 Å². The number of hydrogen-bond acceptors (Lipinski definition) is 4. The summed E-state index contributed by atoms with van der Waals surface area (Å²) < 4.78 is 0. The monoisotopic (exact) mass is 237 g/mol. The van der Waals surface area contributed by atoms with Gasteiger partial charge in [0.15, 0.2) is 11.5 Å². The summed E-state index contributed by atoms with van der Waals surface area (Å²) in [6.07, 6.45) is 6.10. The van der Waals surface area contributed by atoms with E-state index in [1.165, 1.54) is 31.2 Å². The lowest BCUT2D eigenvalue weighted by molar-refractivity contribution is 0.141. The van der Waals surface area contributed by atoms with Gasteiger partial charge in [0.05, 0.1) is 6.21 Å². The van der Waals surface area contributed by atoms with Crippen LogP contribution in [-0.4, -0.2) is 23.0 Å². The van der Waals surface area contributed by atoms with Gasteiger partial charge < -0.3 is 15.1 Å². The van der Waals surface area contributed by atoms with Gasteiger partial charge in [-0.15, -0.1) is 0 Å². The van der Waals surface area contributed by atoms with Crippen molar-refractivity contribution >= 4 is 6.21 Å². The number of rotatable bonds is 7. The van der Waals surface area contributed by atoms with Gasteiger partial charge >= 0.3 is 0 Å². The number of phenolic OH excluding ortho intramolecular Hbond substituents is 2. The minimum absolute atomic E-state index is 0.136. The molecule has 4 nitrogen and oxygen atoms in total. The van der Waals surface area contributed by atoms with E-state index in [-0.39, 0.29) is 11.5 Å². The predicted molar refractivity (Wildman–Crippen MR) is 67.5 cm³/mol. The first-order valence-electron chi connectivity index (χ1n) is 5.91. The summed E-state index contributed by atoms with van der Waals surface area (Å²) in [5, 5.41) is 22.1. The highest BCUT2D eigenvalue weighted by atomic mass is 16.6. The Morgan fingerprint density at radius 2 is 2.00 bits per heavy atom. The standard InChI is InChI=1S/C13H19NO3/c1-2-3-4-5-8-17-14-10-11-6-7-12(15)13(16)9-11/h6-7,9-10,15-16H,2-5,8H2,1H3. The van der Waals surface area contributed by atoms with Crippen molar-refractivity contribution in [3.05, 3.63) is 23.8 Å². The highest BCUT2D eigenvalue weighted by Crippen LogP contribution is 2.23. The van der Waals surface area contributed by atoms with Gasteiger partial charge in [0, 0.05) is 0 Å². The molecule has 0 bridgehead atoms. The first-order chi connectivity index (χ1) is 8.24. The summed E-state index contributed by atoms with van der Waals surface area (Å²) >= 11 is 0. The van der Waals surface area contributed by atoms with Gasteiger partial charge in [0.1, 0.15) is 6.61 Å². The van der Waals surface area contributed by atoms with Gasteiger partial charge in [0.25, 0.3) is 0 Å². The predicted octanol–water partition coefficient (Wildman–Crippen LogP) is 3.03. The smallest absolute Gasteiger partial charge is 0.158 e. The Labute approximate surface area is 102 Å². The summed E-state index contributed by atoms with van der Waals surface area (Å²) in [4.78, 5) is 5.08. The molecule has 0 fully saturated rings. The van der Waals surface area contributed by atoms with Crippen molar-refractivity contribution in [3.63, 3.8) is 0 Å². The maximum Gasteiger partial charge on any atom is 0.158 e. The highest BCUT2D eigenvalue weighted by Gasteiger charge is 1.98. The fourth-order valence-electron chi connectivity index (χ4n) is 1.36. The second kappa shape index (κ2) is 7.54. The van der Waals surface area contributed by atoms with Crippen molar-refractivity contribution in [2.24, 2.45) is 5.16 Å². The van der Waals surface area contributed by atoms with E-state index < -0.39 is 0 Å². The summed E-state index contributed by atoms with van der Waals surface area (Å²) in [5.74, 6) is -0.292. The Hall–Kier alpha value is -1.71. The Bertz CT molecular complexity index is 364. The van der Waals surface area contributed by atoms with Crippen LogP contribution < -0.4 is 0 Å². The zero-order valence-corrected chi connectivity index (χ0v) is 10.1. The molecular weight excluding hydrogens is 218 g/mol. The van der Waals surface area contributed by atoms with Crippen LogP contribution in [0.2, 0.25) is 0 Å². The van der Waals surface area contributed by atoms with E-state index in [1.54, 1.807) is 6.07 Å². The summed E-state index contributed by atoms with van der Waals surface area (Å²) in [7, 11) is 0. The number of oxime groups is 1. The van der Waals surface area contributed by atoms with Crippen LogP contribution >= 0.6 is 0 Å². The van der Waals surface area contributed by atoms with Gasteiger partial charge in [-0.1, -0.05) is 24.9 Å². The van der Waals surface area contributed by atoms with E-state index >= 15 is 0 Å². The molecule has 1 aromatic rings. The van der Waals surface area contributed by atoms with Crippen molar-refractivity contribution in [2.45, 2.75) is 32.6 Å². The molecule has 1 rings (SSSR count). The third-order valence-electron chi connectivity index (χ3n) is 2.36. The second-order valence-electron chi connectivity index (χ2n) is 3.88. The Kier molecular flexibility index (Phi) is 5.93. The van der Waals surface area contributed by atoms with E-state index in [4.69, 9.17) is 9.94 Å². The SMILES string of the molecule is CCCCCCON=Cc1ccc(O)c(O)c1. The molecule has 0 saturated carbocycles. The molecule has 0 aliphatic rings. The molecule has 0 heterocycles. The van der Waals surface area contributed by atoms with Crippen LogP contribution in [0, 0.1) is 0 Å². The maximum absolute atomic E-state index is 9.25. The van der Waals surface area contributed by atoms with E-state index in [0.29, 0.717) is 12.2 Å². The third kappa shape index (κ3) is 5.24. The topological polar surface area (TPSA) is 62.0 Å². The molecule has 17 heavy (non-hydrogen) atoms. The number of phenols is 2. The lowest BCUT2D eigenvalue weighted by Gasteiger charge is -1.99. The van der Waals surface area contributed by atoms with E-state index in [2.05, 4.69) is 12.1 Å². The van der Waals surface area contributed by atoms with Crippen molar-refractivity contribution in [1.29, 1.82) is 0 Å². The highest BCUT2D eigenvalue weighted by molar-refractivity contribution is 5.80. The van der Waals surface area contributed by atoms with Crippen LogP contribution in [-0.2, 0) is 4.84 Å². The van der Waals surface area contributed by atoms with Crippen molar-refractivity contribution in [2.75, 3.05) is 6.61 Å². The minimum atomic E-state index is -0.156. The first kappa shape index (κ1) is 13.4. The molecule has 0 spiro atoms. The van der Waals surface area contributed by atoms with Crippen molar-refractivity contribution in [1.82, 2.24) is 0 Å². The molecule has 94 valence electrons. The van der Waals surface area contributed by atoms with Crippen LogP contribution in [0.15, 0.2) is 23.4 Å². The molecule has 0 unspecified atom stereocenters. The largest absolute Gasteiger partial charge is 0.504 e. The van der Waals surface area contributed by atoms with Crippen LogP contribution in [0.5, 0.6) is 11.5 Å². The van der Waals surface area contributed by atoms with Crippen molar-refractivity contribution in [3.8, 4) is 11.5 Å². The first-order valence-corrected chi connectivity index (χ1v) is 5.91. The van der Waals surface area contributed by atoms with Gasteiger partial charge in [-0.2, -0.15) is 0 Å². The quantitative estimate of drug-likeness (QED) is 0.331. The zero-order chi connectivity index (χ0) is 12.5. The Morgan fingerprint density at radius 3 is 2.71 bits per heavy atom. The lowest BCUT2D eigenvalue weighted by atomic mass is 10.2. The van der Waals surface area contributed by atoms with E-state index in [1.807, 2.05) is 0 Å². The summed E-state index contributed by atoms with van der Waals surface area (Å²) in [6.45, 7) is 2.77. The average Bonchev–Trinajstić information content (AvgIpc) is 2.32. The molecule has 1 aromatic carbocycles. The zero-order valence-electron chi connectivity index (χ0n) is 10.1. The Morgan fingerprint density at radius 1 is 1.18 bits per heavy atom. The van der Waals surface area contributed by atoms with Gasteiger partial charge in [-0.3, -0.25) is 0 Å². The number of nitrogens with zero attached hydrogens (tertiary/aromatic N) is 1. The van der Waals surface area contributed by atoms with E-state index in [0.717, 1.165) is 12.8 Å². The molecule has 0 amide bonds. The number of hydrogen-bond donors (Lipinski definition) is 2. The lowest BCUT2D eigenvalue weighted by Crippen LogP contribution is -1.89. The third-order valence-corrected chi connectivity index (χ3v) is 2.36. The fraction of sp³-hybridized carbons (Fsp3) is 0.462. The molecule has 0 saturated heterocycles. The molecule has 4 heteroatoms. The Balaban J connectivity index is 2.26. The van der Waals surface area contributed by atoms with Gasteiger partial charge in [-0.05, 0) is 36.6 Å². The average molecular weight is 237 g/mol. The molecular formula is C13H19NO3. The summed E-state index contributed by atoms with van der Waals surface area (Å²) in [6, 6.07) is 4.50. The number of aromatic hydroxyl groups is 2. The normalized spacial score (nSPS) is 10.9. The molecule has 2 N–H and O–H groups in total. The molecule has 0 aliphatic carbocycles. The van der Waals surface area contributed by atoms with Gasteiger partial charge in [0.2, 0.25) is 0 Å². The second-order valence-corrected chi connectivity index (χ2v) is 3.88. The molecule has 0 radical (unpaired) electrons. The van der Waals surface area contributed by atoms with Crippen LogP contribution in [0.25, 0.3) is 0 Å². The van der Waals surface area contributed by atoms with E-state index in [9.17, 15) is 5.11 Å². The molecule has 0 aromatic heterocycles. The fourth-order valence-corrected chi connectivity index (χ4v) is 1.36. The number of unbranched alkanes of at least 4 members (excludes halogenated alkanes) is 3. The van der Waals surface area contributed by atoms with Crippen LogP contribution in [0.3, 0.4) is 0 Å². The maximum atomic E-state index is 9.25. The van der Waals surface area contributed by atoms with Crippen LogP contribution in [0.4, 0.5) is 0 Å². The molecule has 0 atom stereocenters. The minimum Gasteiger partial charge on any atom is -0.504 e.